The lowest BCUT2D eigenvalue weighted by Gasteiger charge is -2.12. The Kier molecular flexibility index (Phi) is 8.50. The SMILES string of the molecule is Cc1ccc(S[C@@H](C)C(=O)NCCSCc2ccc(Cl)c(Cl)c2)cc1. The summed E-state index contributed by atoms with van der Waals surface area (Å²) in [7, 11) is 0. The fraction of sp³-hybridized carbons (Fsp3) is 0.316. The highest BCUT2D eigenvalue weighted by Gasteiger charge is 2.13. The first kappa shape index (κ1) is 20.5. The molecule has 0 aromatic heterocycles. The normalized spacial score (nSPS) is 12.0. The van der Waals surface area contributed by atoms with Gasteiger partial charge in [0.05, 0.1) is 15.3 Å². The summed E-state index contributed by atoms with van der Waals surface area (Å²) in [4.78, 5) is 13.3. The average molecular weight is 414 g/mol. The molecule has 2 rings (SSSR count). The van der Waals surface area contributed by atoms with Crippen LogP contribution in [0.25, 0.3) is 0 Å². The summed E-state index contributed by atoms with van der Waals surface area (Å²) >= 11 is 15.2. The van der Waals surface area contributed by atoms with Crippen molar-refractivity contribution in [3.8, 4) is 0 Å². The van der Waals surface area contributed by atoms with Gasteiger partial charge in [-0.25, -0.2) is 0 Å². The molecule has 1 amide bonds. The highest BCUT2D eigenvalue weighted by Crippen LogP contribution is 2.25. The Morgan fingerprint density at radius 2 is 1.84 bits per heavy atom. The van der Waals surface area contributed by atoms with Gasteiger partial charge in [0.2, 0.25) is 5.91 Å². The molecule has 134 valence electrons. The second-order valence-corrected chi connectivity index (χ2v) is 9.00. The molecule has 0 fully saturated rings. The van der Waals surface area contributed by atoms with Crippen LogP contribution < -0.4 is 5.32 Å². The van der Waals surface area contributed by atoms with Crippen molar-refractivity contribution in [2.24, 2.45) is 0 Å². The predicted molar refractivity (Wildman–Crippen MR) is 112 cm³/mol. The number of nitrogens with one attached hydrogen (secondary N) is 1. The maximum atomic E-state index is 12.2. The molecule has 0 aliphatic heterocycles. The van der Waals surface area contributed by atoms with E-state index in [0.717, 1.165) is 22.0 Å². The molecular weight excluding hydrogens is 393 g/mol. The number of carbonyl (C=O) groups is 1. The molecule has 25 heavy (non-hydrogen) atoms. The van der Waals surface area contributed by atoms with Crippen LogP contribution >= 0.6 is 46.7 Å². The second-order valence-electron chi connectivity index (χ2n) is 5.67. The molecule has 2 nitrogen and oxygen atoms in total. The second kappa shape index (κ2) is 10.4. The third kappa shape index (κ3) is 7.14. The predicted octanol–water partition coefficient (Wildman–Crippen LogP) is 5.83. The van der Waals surface area contributed by atoms with Crippen molar-refractivity contribution in [1.29, 1.82) is 0 Å². The van der Waals surface area contributed by atoms with Gasteiger partial charge in [0.15, 0.2) is 0 Å². The van der Waals surface area contributed by atoms with Gasteiger partial charge in [-0.1, -0.05) is 47.0 Å². The van der Waals surface area contributed by atoms with E-state index in [1.807, 2.05) is 25.1 Å². The molecule has 1 N–H and O–H groups in total. The number of hydrogen-bond acceptors (Lipinski definition) is 3. The number of amides is 1. The standard InChI is InChI=1S/C19H21Cl2NOS2/c1-13-3-6-16(7-4-13)25-14(2)19(23)22-9-10-24-12-15-5-8-17(20)18(21)11-15/h3-8,11,14H,9-10,12H2,1-2H3,(H,22,23)/t14-/m0/s1. The minimum absolute atomic E-state index is 0.0701. The third-order valence-corrected chi connectivity index (χ3v) is 6.38. The van der Waals surface area contributed by atoms with E-state index in [2.05, 4.69) is 36.5 Å². The lowest BCUT2D eigenvalue weighted by atomic mass is 10.2. The summed E-state index contributed by atoms with van der Waals surface area (Å²) in [6, 6.07) is 13.9. The summed E-state index contributed by atoms with van der Waals surface area (Å²) in [5.41, 5.74) is 2.36. The molecule has 2 aromatic carbocycles. The van der Waals surface area contributed by atoms with Crippen molar-refractivity contribution in [2.75, 3.05) is 12.3 Å². The van der Waals surface area contributed by atoms with Gasteiger partial charge in [-0.2, -0.15) is 11.8 Å². The number of halogens is 2. The monoisotopic (exact) mass is 413 g/mol. The Bertz CT molecular complexity index is 707. The smallest absolute Gasteiger partial charge is 0.233 e. The third-order valence-electron chi connectivity index (χ3n) is 3.50. The Balaban J connectivity index is 1.65. The van der Waals surface area contributed by atoms with Crippen molar-refractivity contribution in [1.82, 2.24) is 5.32 Å². The number of rotatable bonds is 8. The topological polar surface area (TPSA) is 29.1 Å². The van der Waals surface area contributed by atoms with E-state index in [1.165, 1.54) is 5.56 Å². The van der Waals surface area contributed by atoms with Crippen LogP contribution in [0.5, 0.6) is 0 Å². The largest absolute Gasteiger partial charge is 0.354 e. The number of aryl methyl sites for hydroxylation is 1. The molecule has 0 saturated heterocycles. The van der Waals surface area contributed by atoms with Gasteiger partial charge < -0.3 is 5.32 Å². The van der Waals surface area contributed by atoms with Crippen molar-refractivity contribution < 1.29 is 4.79 Å². The number of hydrogen-bond donors (Lipinski definition) is 1. The molecule has 0 bridgehead atoms. The average Bonchev–Trinajstić information content (AvgIpc) is 2.59. The van der Waals surface area contributed by atoms with E-state index in [4.69, 9.17) is 23.2 Å². The van der Waals surface area contributed by atoms with Gasteiger partial charge in [-0.05, 0) is 43.7 Å². The molecule has 2 aromatic rings. The van der Waals surface area contributed by atoms with Gasteiger partial charge in [0.1, 0.15) is 0 Å². The van der Waals surface area contributed by atoms with E-state index in [-0.39, 0.29) is 11.2 Å². The van der Waals surface area contributed by atoms with Crippen LogP contribution in [-0.4, -0.2) is 23.5 Å². The quantitative estimate of drug-likeness (QED) is 0.435. The van der Waals surface area contributed by atoms with Gasteiger partial charge in [0, 0.05) is 22.9 Å². The van der Waals surface area contributed by atoms with Gasteiger partial charge in [-0.3, -0.25) is 4.79 Å². The molecule has 0 spiro atoms. The fourth-order valence-corrected chi connectivity index (χ4v) is 4.10. The number of carbonyl (C=O) groups excluding carboxylic acids is 1. The van der Waals surface area contributed by atoms with Crippen LogP contribution in [0.4, 0.5) is 0 Å². The summed E-state index contributed by atoms with van der Waals surface area (Å²) in [5, 5.41) is 4.04. The highest BCUT2D eigenvalue weighted by atomic mass is 35.5. The van der Waals surface area contributed by atoms with Gasteiger partial charge >= 0.3 is 0 Å². The molecule has 1 atom stereocenters. The van der Waals surface area contributed by atoms with Gasteiger partial charge in [-0.15, -0.1) is 11.8 Å². The summed E-state index contributed by atoms with van der Waals surface area (Å²) in [6.45, 7) is 4.65. The van der Waals surface area contributed by atoms with Crippen LogP contribution in [-0.2, 0) is 10.5 Å². The van der Waals surface area contributed by atoms with Gasteiger partial charge in [0.25, 0.3) is 0 Å². The Morgan fingerprint density at radius 1 is 1.12 bits per heavy atom. The molecule has 0 aliphatic carbocycles. The van der Waals surface area contributed by atoms with Crippen LogP contribution in [0.3, 0.4) is 0 Å². The molecule has 0 aliphatic rings. The van der Waals surface area contributed by atoms with Crippen molar-refractivity contribution in [3.63, 3.8) is 0 Å². The first-order valence-corrected chi connectivity index (χ1v) is 10.8. The van der Waals surface area contributed by atoms with Crippen LogP contribution in [0, 0.1) is 6.92 Å². The Hall–Kier alpha value is -0.810. The molecule has 6 heteroatoms. The number of benzene rings is 2. The first-order valence-electron chi connectivity index (χ1n) is 7.98. The first-order chi connectivity index (χ1) is 12.0. The maximum absolute atomic E-state index is 12.2. The maximum Gasteiger partial charge on any atom is 0.233 e. The summed E-state index contributed by atoms with van der Waals surface area (Å²) in [5.74, 6) is 1.77. The van der Waals surface area contributed by atoms with E-state index in [1.54, 1.807) is 23.5 Å². The van der Waals surface area contributed by atoms with Crippen LogP contribution in [0.1, 0.15) is 18.1 Å². The molecule has 0 saturated carbocycles. The molecular formula is C19H21Cl2NOS2. The van der Waals surface area contributed by atoms with E-state index in [0.29, 0.717) is 16.6 Å². The van der Waals surface area contributed by atoms with Crippen LogP contribution in [0.2, 0.25) is 10.0 Å². The van der Waals surface area contributed by atoms with E-state index < -0.39 is 0 Å². The molecule has 0 heterocycles. The minimum Gasteiger partial charge on any atom is -0.354 e. The van der Waals surface area contributed by atoms with E-state index in [9.17, 15) is 4.79 Å². The van der Waals surface area contributed by atoms with Crippen LogP contribution in [0.15, 0.2) is 47.4 Å². The zero-order chi connectivity index (χ0) is 18.2. The Morgan fingerprint density at radius 3 is 2.52 bits per heavy atom. The fourth-order valence-electron chi connectivity index (χ4n) is 2.08. The lowest BCUT2D eigenvalue weighted by molar-refractivity contribution is -0.120. The number of thioether (sulfide) groups is 2. The van der Waals surface area contributed by atoms with Crippen molar-refractivity contribution in [3.05, 3.63) is 63.6 Å². The minimum atomic E-state index is -0.109. The summed E-state index contributed by atoms with van der Waals surface area (Å²) in [6.07, 6.45) is 0. The zero-order valence-electron chi connectivity index (χ0n) is 14.2. The highest BCUT2D eigenvalue weighted by molar-refractivity contribution is 8.00. The van der Waals surface area contributed by atoms with Crippen molar-refractivity contribution >= 4 is 52.6 Å². The molecule has 0 unspecified atom stereocenters. The lowest BCUT2D eigenvalue weighted by Crippen LogP contribution is -2.32. The summed E-state index contributed by atoms with van der Waals surface area (Å²) < 4.78 is 0. The van der Waals surface area contributed by atoms with E-state index >= 15 is 0 Å². The van der Waals surface area contributed by atoms with Crippen molar-refractivity contribution in [2.45, 2.75) is 29.7 Å². The Labute approximate surface area is 168 Å². The zero-order valence-corrected chi connectivity index (χ0v) is 17.4. The molecule has 0 radical (unpaired) electrons.